The maximum Gasteiger partial charge on any atom is 0.154 e. The van der Waals surface area contributed by atoms with Crippen LogP contribution in [0.15, 0.2) is 108 Å². The predicted octanol–water partition coefficient (Wildman–Crippen LogP) is 7.56. The van der Waals surface area contributed by atoms with E-state index in [4.69, 9.17) is 0 Å². The van der Waals surface area contributed by atoms with E-state index in [-0.39, 0.29) is 10.9 Å². The van der Waals surface area contributed by atoms with Gasteiger partial charge in [-0.2, -0.15) is 0 Å². The van der Waals surface area contributed by atoms with Gasteiger partial charge < -0.3 is 0 Å². The van der Waals surface area contributed by atoms with Crippen LogP contribution in [0.5, 0.6) is 0 Å². The summed E-state index contributed by atoms with van der Waals surface area (Å²) in [7, 11) is 0.246. The van der Waals surface area contributed by atoms with Gasteiger partial charge in [-0.05, 0) is 55.9 Å². The topological polar surface area (TPSA) is 0 Å². The highest BCUT2D eigenvalue weighted by molar-refractivity contribution is 7.95. The van der Waals surface area contributed by atoms with E-state index < -0.39 is 0 Å². The van der Waals surface area contributed by atoms with Crippen molar-refractivity contribution in [1.29, 1.82) is 0 Å². The van der Waals surface area contributed by atoms with Crippen molar-refractivity contribution in [2.45, 2.75) is 4.90 Å². The highest BCUT2D eigenvalue weighted by Crippen LogP contribution is 2.37. The van der Waals surface area contributed by atoms with Gasteiger partial charge >= 0.3 is 0 Å². The largest absolute Gasteiger partial charge is 0.154 e. The minimum atomic E-state index is 0.246. The summed E-state index contributed by atoms with van der Waals surface area (Å²) in [6, 6.07) is 37.7. The molecule has 0 spiro atoms. The Kier molecular flexibility index (Phi) is 4.61. The fourth-order valence-electron chi connectivity index (χ4n) is 4.10. The van der Waals surface area contributed by atoms with Crippen molar-refractivity contribution >= 4 is 32.4 Å². The normalized spacial score (nSPS) is 11.4. The second kappa shape index (κ2) is 7.42. The molecule has 0 fully saturated rings. The molecule has 1 heteroatoms. The van der Waals surface area contributed by atoms with E-state index in [1.807, 2.05) is 0 Å². The van der Waals surface area contributed by atoms with Crippen LogP contribution < -0.4 is 0 Å². The van der Waals surface area contributed by atoms with E-state index in [1.165, 1.54) is 48.7 Å². The van der Waals surface area contributed by atoms with Crippen molar-refractivity contribution in [3.05, 3.63) is 103 Å². The number of hydrogen-bond donors (Lipinski definition) is 0. The highest BCUT2D eigenvalue weighted by Gasteiger charge is 2.13. The second-order valence-corrected chi connectivity index (χ2v) is 9.72. The molecule has 0 saturated heterocycles. The quantitative estimate of drug-likeness (QED) is 0.278. The van der Waals surface area contributed by atoms with Crippen molar-refractivity contribution in [2.24, 2.45) is 0 Å². The molecule has 0 aliphatic carbocycles. The molecule has 5 aromatic rings. The average Bonchev–Trinajstić information content (AvgIpc) is 2.78. The standard InChI is InChI=1S/C28H23S/c1-29(2)25-13-5-12-23(19-25)26-14-6-10-21-11-7-15-27(28(21)26)24-17-16-20-8-3-4-9-22(20)18-24/h3-19H,1-2H3/q+1. The van der Waals surface area contributed by atoms with Gasteiger partial charge in [0.25, 0.3) is 0 Å². The molecule has 29 heavy (non-hydrogen) atoms. The Bertz CT molecular complexity index is 1330. The molecular formula is C28H23S+. The van der Waals surface area contributed by atoms with Gasteiger partial charge in [0.2, 0.25) is 0 Å². The summed E-state index contributed by atoms with van der Waals surface area (Å²) >= 11 is 0. The molecule has 0 N–H and O–H groups in total. The van der Waals surface area contributed by atoms with E-state index in [9.17, 15) is 0 Å². The number of benzene rings is 5. The molecule has 140 valence electrons. The van der Waals surface area contributed by atoms with Crippen LogP contribution in [0, 0.1) is 0 Å². The van der Waals surface area contributed by atoms with E-state index in [1.54, 1.807) is 0 Å². The number of rotatable bonds is 3. The first-order valence-electron chi connectivity index (χ1n) is 9.90. The molecular weight excluding hydrogens is 368 g/mol. The van der Waals surface area contributed by atoms with Crippen LogP contribution in [-0.2, 0) is 10.9 Å². The summed E-state index contributed by atoms with van der Waals surface area (Å²) in [4.78, 5) is 1.41. The predicted molar refractivity (Wildman–Crippen MR) is 130 cm³/mol. The smallest absolute Gasteiger partial charge is 0.0616 e. The van der Waals surface area contributed by atoms with Crippen LogP contribution in [0.3, 0.4) is 0 Å². The zero-order valence-electron chi connectivity index (χ0n) is 16.7. The summed E-state index contributed by atoms with van der Waals surface area (Å²) < 4.78 is 0. The van der Waals surface area contributed by atoms with Crippen LogP contribution in [0.25, 0.3) is 43.8 Å². The van der Waals surface area contributed by atoms with Gasteiger partial charge in [0.1, 0.15) is 12.5 Å². The Morgan fingerprint density at radius 3 is 1.83 bits per heavy atom. The van der Waals surface area contributed by atoms with E-state index in [2.05, 4.69) is 116 Å². The van der Waals surface area contributed by atoms with Crippen molar-refractivity contribution in [2.75, 3.05) is 12.5 Å². The van der Waals surface area contributed by atoms with Crippen LogP contribution in [-0.4, -0.2) is 12.5 Å². The molecule has 5 rings (SSSR count). The molecule has 0 nitrogen and oxygen atoms in total. The number of fused-ring (bicyclic) bond motifs is 2. The van der Waals surface area contributed by atoms with Gasteiger partial charge in [0.15, 0.2) is 4.90 Å². The Labute approximate surface area is 175 Å². The molecule has 0 radical (unpaired) electrons. The summed E-state index contributed by atoms with van der Waals surface area (Å²) in [6.07, 6.45) is 4.56. The van der Waals surface area contributed by atoms with Crippen LogP contribution in [0.2, 0.25) is 0 Å². The summed E-state index contributed by atoms with van der Waals surface area (Å²) in [5, 5.41) is 5.17. The minimum Gasteiger partial charge on any atom is -0.0616 e. The van der Waals surface area contributed by atoms with Gasteiger partial charge in [-0.3, -0.25) is 0 Å². The monoisotopic (exact) mass is 391 g/mol. The Morgan fingerprint density at radius 1 is 0.483 bits per heavy atom. The molecule has 0 unspecified atom stereocenters. The average molecular weight is 392 g/mol. The minimum absolute atomic E-state index is 0.246. The third-order valence-corrected chi connectivity index (χ3v) is 6.78. The highest BCUT2D eigenvalue weighted by atomic mass is 32.2. The third kappa shape index (κ3) is 3.32. The van der Waals surface area contributed by atoms with Gasteiger partial charge in [-0.1, -0.05) is 84.9 Å². The molecule has 0 aliphatic heterocycles. The van der Waals surface area contributed by atoms with E-state index in [0.717, 1.165) is 0 Å². The molecule has 0 saturated carbocycles. The lowest BCUT2D eigenvalue weighted by Gasteiger charge is -2.13. The molecule has 0 amide bonds. The van der Waals surface area contributed by atoms with Crippen molar-refractivity contribution in [1.82, 2.24) is 0 Å². The lowest BCUT2D eigenvalue weighted by Crippen LogP contribution is -1.95. The van der Waals surface area contributed by atoms with Crippen molar-refractivity contribution < 1.29 is 0 Å². The second-order valence-electron chi connectivity index (χ2n) is 7.62. The molecule has 0 aliphatic rings. The first-order chi connectivity index (χ1) is 14.2. The fourth-order valence-corrected chi connectivity index (χ4v) is 4.81. The first-order valence-corrected chi connectivity index (χ1v) is 11.9. The van der Waals surface area contributed by atoms with Crippen LogP contribution in [0.4, 0.5) is 0 Å². The number of hydrogen-bond acceptors (Lipinski definition) is 0. The Morgan fingerprint density at radius 2 is 1.10 bits per heavy atom. The maximum atomic E-state index is 2.36. The maximum absolute atomic E-state index is 2.36. The fraction of sp³-hybridized carbons (Fsp3) is 0.0714. The Balaban J connectivity index is 1.78. The van der Waals surface area contributed by atoms with E-state index in [0.29, 0.717) is 0 Å². The van der Waals surface area contributed by atoms with Crippen LogP contribution >= 0.6 is 0 Å². The van der Waals surface area contributed by atoms with Gasteiger partial charge in [0, 0.05) is 17.0 Å². The molecule has 0 heterocycles. The third-order valence-electron chi connectivity index (χ3n) is 5.58. The van der Waals surface area contributed by atoms with Crippen LogP contribution in [0.1, 0.15) is 0 Å². The van der Waals surface area contributed by atoms with E-state index >= 15 is 0 Å². The molecule has 5 aromatic carbocycles. The lowest BCUT2D eigenvalue weighted by molar-refractivity contribution is 1.45. The lowest BCUT2D eigenvalue weighted by atomic mass is 9.91. The molecule has 0 bridgehead atoms. The SMILES string of the molecule is C[S+](C)c1cccc(-c2cccc3cccc(-c4ccc5ccccc5c4)c23)c1. The molecule has 0 atom stereocenters. The van der Waals surface area contributed by atoms with Gasteiger partial charge in [-0.25, -0.2) is 0 Å². The summed E-state index contributed by atoms with van der Waals surface area (Å²) in [6.45, 7) is 0. The first kappa shape index (κ1) is 18.0. The van der Waals surface area contributed by atoms with Crippen molar-refractivity contribution in [3.63, 3.8) is 0 Å². The zero-order valence-corrected chi connectivity index (χ0v) is 17.5. The molecule has 0 aromatic heterocycles. The zero-order chi connectivity index (χ0) is 19.8. The van der Waals surface area contributed by atoms with Crippen molar-refractivity contribution in [3.8, 4) is 22.3 Å². The van der Waals surface area contributed by atoms with Gasteiger partial charge in [0.05, 0.1) is 0 Å². The Hall–Kier alpha value is -3.03. The summed E-state index contributed by atoms with van der Waals surface area (Å²) in [5.41, 5.74) is 5.16. The van der Waals surface area contributed by atoms with Gasteiger partial charge in [-0.15, -0.1) is 0 Å². The summed E-state index contributed by atoms with van der Waals surface area (Å²) in [5.74, 6) is 0.